The number of aryl methyl sites for hydroxylation is 2. The van der Waals surface area contributed by atoms with Crippen molar-refractivity contribution in [2.75, 3.05) is 12.4 Å². The van der Waals surface area contributed by atoms with E-state index >= 15 is 0 Å². The van der Waals surface area contributed by atoms with E-state index in [9.17, 15) is 4.79 Å². The van der Waals surface area contributed by atoms with Gasteiger partial charge in [0, 0.05) is 18.0 Å². The fourth-order valence-electron chi connectivity index (χ4n) is 1.83. The van der Waals surface area contributed by atoms with E-state index in [-0.39, 0.29) is 5.91 Å². The van der Waals surface area contributed by atoms with Gasteiger partial charge in [-0.1, -0.05) is 19.4 Å². The summed E-state index contributed by atoms with van der Waals surface area (Å²) in [6.45, 7) is 6.90. The predicted molar refractivity (Wildman–Crippen MR) is 77.4 cm³/mol. The van der Waals surface area contributed by atoms with Crippen molar-refractivity contribution in [3.8, 4) is 0 Å². The highest BCUT2D eigenvalue weighted by molar-refractivity contribution is 6.17. The van der Waals surface area contributed by atoms with Gasteiger partial charge in [0.25, 0.3) is 5.91 Å². The smallest absolute Gasteiger partial charge is 0.251 e. The third-order valence-corrected chi connectivity index (χ3v) is 3.63. The zero-order valence-corrected chi connectivity index (χ0v) is 12.2. The Bertz CT molecular complexity index is 403. The van der Waals surface area contributed by atoms with Crippen LogP contribution in [0.15, 0.2) is 18.2 Å². The number of hydrogen-bond donors (Lipinski definition) is 1. The number of nitrogens with one attached hydrogen (secondary N) is 1. The van der Waals surface area contributed by atoms with Crippen LogP contribution in [0.2, 0.25) is 0 Å². The van der Waals surface area contributed by atoms with Crippen molar-refractivity contribution in [2.24, 2.45) is 5.92 Å². The van der Waals surface area contributed by atoms with Crippen molar-refractivity contribution >= 4 is 17.5 Å². The Kier molecular flexibility index (Phi) is 6.20. The SMILES string of the molecule is CCC(CCCl)CNC(=O)c1ccc(C)c(C)c1. The maximum Gasteiger partial charge on any atom is 0.251 e. The lowest BCUT2D eigenvalue weighted by molar-refractivity contribution is 0.0946. The van der Waals surface area contributed by atoms with Gasteiger partial charge >= 0.3 is 0 Å². The quantitative estimate of drug-likeness (QED) is 0.783. The molecule has 0 radical (unpaired) electrons. The van der Waals surface area contributed by atoms with Crippen molar-refractivity contribution in [2.45, 2.75) is 33.6 Å². The highest BCUT2D eigenvalue weighted by atomic mass is 35.5. The van der Waals surface area contributed by atoms with Crippen LogP contribution < -0.4 is 5.32 Å². The molecular formula is C15H22ClNO. The van der Waals surface area contributed by atoms with Crippen molar-refractivity contribution in [1.82, 2.24) is 5.32 Å². The van der Waals surface area contributed by atoms with Gasteiger partial charge in [0.15, 0.2) is 0 Å². The number of rotatable bonds is 6. The minimum absolute atomic E-state index is 0.00567. The van der Waals surface area contributed by atoms with Gasteiger partial charge in [0.2, 0.25) is 0 Å². The molecule has 1 unspecified atom stereocenters. The van der Waals surface area contributed by atoms with Crippen LogP contribution >= 0.6 is 11.6 Å². The molecule has 0 saturated carbocycles. The maximum atomic E-state index is 12.0. The first-order valence-electron chi connectivity index (χ1n) is 6.49. The molecule has 0 spiro atoms. The van der Waals surface area contributed by atoms with Crippen LogP contribution in [0.3, 0.4) is 0 Å². The van der Waals surface area contributed by atoms with Gasteiger partial charge in [-0.05, 0) is 49.4 Å². The van der Waals surface area contributed by atoms with Gasteiger partial charge in [-0.2, -0.15) is 0 Å². The number of amides is 1. The first-order chi connectivity index (χ1) is 8.58. The van der Waals surface area contributed by atoms with Gasteiger partial charge in [-0.25, -0.2) is 0 Å². The van der Waals surface area contributed by atoms with Crippen LogP contribution in [-0.4, -0.2) is 18.3 Å². The van der Waals surface area contributed by atoms with Crippen LogP contribution in [0.4, 0.5) is 0 Å². The largest absolute Gasteiger partial charge is 0.352 e. The van der Waals surface area contributed by atoms with E-state index in [0.29, 0.717) is 18.3 Å². The molecule has 1 amide bonds. The summed E-state index contributed by atoms with van der Waals surface area (Å²) in [5.41, 5.74) is 3.09. The summed E-state index contributed by atoms with van der Waals surface area (Å²) in [7, 11) is 0. The molecule has 0 saturated heterocycles. The summed E-state index contributed by atoms with van der Waals surface area (Å²) >= 11 is 5.73. The molecule has 1 N–H and O–H groups in total. The zero-order valence-electron chi connectivity index (χ0n) is 11.4. The predicted octanol–water partition coefficient (Wildman–Crippen LogP) is 3.69. The fraction of sp³-hybridized carbons (Fsp3) is 0.533. The fourth-order valence-corrected chi connectivity index (χ4v) is 2.14. The van der Waals surface area contributed by atoms with Crippen molar-refractivity contribution in [3.63, 3.8) is 0 Å². The van der Waals surface area contributed by atoms with Crippen molar-refractivity contribution in [3.05, 3.63) is 34.9 Å². The molecule has 0 heterocycles. The Morgan fingerprint density at radius 1 is 1.33 bits per heavy atom. The Labute approximate surface area is 115 Å². The third kappa shape index (κ3) is 4.34. The molecule has 2 nitrogen and oxygen atoms in total. The summed E-state index contributed by atoms with van der Waals surface area (Å²) in [5, 5.41) is 2.98. The Morgan fingerprint density at radius 3 is 2.61 bits per heavy atom. The van der Waals surface area contributed by atoms with Gasteiger partial charge in [0.05, 0.1) is 0 Å². The molecule has 1 rings (SSSR count). The average molecular weight is 268 g/mol. The van der Waals surface area contributed by atoms with Crippen LogP contribution in [0.25, 0.3) is 0 Å². The Morgan fingerprint density at radius 2 is 2.06 bits per heavy atom. The zero-order chi connectivity index (χ0) is 13.5. The summed E-state index contributed by atoms with van der Waals surface area (Å²) in [5.74, 6) is 1.13. The molecule has 3 heteroatoms. The first kappa shape index (κ1) is 15.0. The monoisotopic (exact) mass is 267 g/mol. The Hall–Kier alpha value is -1.02. The summed E-state index contributed by atoms with van der Waals surface area (Å²) in [6.07, 6.45) is 1.99. The van der Waals surface area contributed by atoms with E-state index in [4.69, 9.17) is 11.6 Å². The van der Waals surface area contributed by atoms with E-state index in [0.717, 1.165) is 24.0 Å². The Balaban J connectivity index is 2.57. The number of carbonyl (C=O) groups is 1. The van der Waals surface area contributed by atoms with Gasteiger partial charge in [0.1, 0.15) is 0 Å². The highest BCUT2D eigenvalue weighted by Crippen LogP contribution is 2.11. The lowest BCUT2D eigenvalue weighted by Crippen LogP contribution is -2.29. The van der Waals surface area contributed by atoms with Gasteiger partial charge < -0.3 is 5.32 Å². The van der Waals surface area contributed by atoms with E-state index in [1.807, 2.05) is 32.0 Å². The van der Waals surface area contributed by atoms with Gasteiger partial charge in [-0.3, -0.25) is 4.79 Å². The molecule has 0 aliphatic carbocycles. The summed E-state index contributed by atoms with van der Waals surface area (Å²) < 4.78 is 0. The van der Waals surface area contributed by atoms with E-state index < -0.39 is 0 Å². The molecule has 0 aliphatic heterocycles. The normalized spacial score (nSPS) is 12.2. The third-order valence-electron chi connectivity index (χ3n) is 3.42. The number of carbonyl (C=O) groups excluding carboxylic acids is 1. The minimum Gasteiger partial charge on any atom is -0.352 e. The molecule has 0 fully saturated rings. The number of alkyl halides is 1. The second-order valence-corrected chi connectivity index (χ2v) is 5.14. The lowest BCUT2D eigenvalue weighted by Gasteiger charge is -2.14. The van der Waals surface area contributed by atoms with Crippen LogP contribution in [0.1, 0.15) is 41.3 Å². The number of hydrogen-bond acceptors (Lipinski definition) is 1. The van der Waals surface area contributed by atoms with Crippen molar-refractivity contribution < 1.29 is 4.79 Å². The van der Waals surface area contributed by atoms with Crippen LogP contribution in [0, 0.1) is 19.8 Å². The van der Waals surface area contributed by atoms with E-state index in [1.165, 1.54) is 5.56 Å². The molecule has 0 bridgehead atoms. The first-order valence-corrected chi connectivity index (χ1v) is 7.03. The van der Waals surface area contributed by atoms with Gasteiger partial charge in [-0.15, -0.1) is 11.6 Å². The number of benzene rings is 1. The lowest BCUT2D eigenvalue weighted by atomic mass is 10.0. The molecule has 1 aromatic rings. The molecule has 18 heavy (non-hydrogen) atoms. The van der Waals surface area contributed by atoms with Crippen LogP contribution in [0.5, 0.6) is 0 Å². The topological polar surface area (TPSA) is 29.1 Å². The molecule has 1 aromatic carbocycles. The molecule has 100 valence electrons. The molecule has 0 aromatic heterocycles. The van der Waals surface area contributed by atoms with E-state index in [1.54, 1.807) is 0 Å². The molecule has 1 atom stereocenters. The molecule has 0 aliphatic rings. The minimum atomic E-state index is 0.00567. The second kappa shape index (κ2) is 7.42. The summed E-state index contributed by atoms with van der Waals surface area (Å²) in [6, 6.07) is 5.80. The van der Waals surface area contributed by atoms with E-state index in [2.05, 4.69) is 12.2 Å². The molecular weight excluding hydrogens is 246 g/mol. The highest BCUT2D eigenvalue weighted by Gasteiger charge is 2.10. The van der Waals surface area contributed by atoms with Crippen LogP contribution in [-0.2, 0) is 0 Å². The standard InChI is InChI=1S/C15H22ClNO/c1-4-13(7-8-16)10-17-15(18)14-6-5-11(2)12(3)9-14/h5-6,9,13H,4,7-8,10H2,1-3H3,(H,17,18). The average Bonchev–Trinajstić information content (AvgIpc) is 2.37. The summed E-state index contributed by atoms with van der Waals surface area (Å²) in [4.78, 5) is 12.0. The second-order valence-electron chi connectivity index (χ2n) is 4.76. The van der Waals surface area contributed by atoms with Crippen molar-refractivity contribution in [1.29, 1.82) is 0 Å². The number of halogens is 1. The maximum absolute atomic E-state index is 12.0.